The average molecular weight is 270 g/mol. The molecule has 0 fully saturated rings. The molecule has 0 spiro atoms. The van der Waals surface area contributed by atoms with Crippen LogP contribution in [0.25, 0.3) is 0 Å². The fraction of sp³-hybridized carbons (Fsp3) is 0.500. The number of carbonyl (C=O) groups excluding carboxylic acids is 1. The van der Waals surface area contributed by atoms with Crippen LogP contribution in [0.15, 0.2) is 16.7 Å². The average Bonchev–Trinajstić information content (AvgIpc) is 2.83. The molecular weight excluding hydrogens is 252 g/mol. The SMILES string of the molecule is COCCNC(=O)CCNCc1occc1C(=O)O. The molecule has 19 heavy (non-hydrogen) atoms. The van der Waals surface area contributed by atoms with Gasteiger partial charge in [-0.05, 0) is 6.07 Å². The molecule has 0 aliphatic carbocycles. The Hall–Kier alpha value is -1.86. The summed E-state index contributed by atoms with van der Waals surface area (Å²) in [4.78, 5) is 22.1. The second kappa shape index (κ2) is 8.28. The Bertz CT molecular complexity index is 416. The second-order valence-corrected chi connectivity index (χ2v) is 3.83. The number of hydrogen-bond acceptors (Lipinski definition) is 5. The van der Waals surface area contributed by atoms with Crippen LogP contribution in [0.1, 0.15) is 22.5 Å². The molecule has 0 aliphatic heterocycles. The van der Waals surface area contributed by atoms with Gasteiger partial charge in [-0.15, -0.1) is 0 Å². The Balaban J connectivity index is 2.18. The first-order valence-corrected chi connectivity index (χ1v) is 5.91. The van der Waals surface area contributed by atoms with Crippen molar-refractivity contribution in [3.05, 3.63) is 23.7 Å². The van der Waals surface area contributed by atoms with Gasteiger partial charge in [0.1, 0.15) is 11.3 Å². The van der Waals surface area contributed by atoms with Crippen LogP contribution in [-0.2, 0) is 16.1 Å². The van der Waals surface area contributed by atoms with E-state index in [0.717, 1.165) is 0 Å². The summed E-state index contributed by atoms with van der Waals surface area (Å²) >= 11 is 0. The van der Waals surface area contributed by atoms with E-state index in [-0.39, 0.29) is 18.0 Å². The van der Waals surface area contributed by atoms with Crippen molar-refractivity contribution in [2.24, 2.45) is 0 Å². The van der Waals surface area contributed by atoms with Crippen LogP contribution in [0.4, 0.5) is 0 Å². The van der Waals surface area contributed by atoms with Crippen LogP contribution in [-0.4, -0.2) is 43.8 Å². The Morgan fingerprint density at radius 3 is 2.89 bits per heavy atom. The van der Waals surface area contributed by atoms with Crippen LogP contribution < -0.4 is 10.6 Å². The van der Waals surface area contributed by atoms with E-state index in [4.69, 9.17) is 14.3 Å². The van der Waals surface area contributed by atoms with Gasteiger partial charge >= 0.3 is 5.97 Å². The molecule has 1 aromatic rings. The van der Waals surface area contributed by atoms with Crippen LogP contribution in [0.2, 0.25) is 0 Å². The zero-order valence-corrected chi connectivity index (χ0v) is 10.8. The number of aromatic carboxylic acids is 1. The maximum Gasteiger partial charge on any atom is 0.339 e. The van der Waals surface area contributed by atoms with E-state index in [1.54, 1.807) is 7.11 Å². The Morgan fingerprint density at radius 2 is 2.21 bits per heavy atom. The lowest BCUT2D eigenvalue weighted by Crippen LogP contribution is -2.30. The number of nitrogens with one attached hydrogen (secondary N) is 2. The van der Waals surface area contributed by atoms with Crippen LogP contribution in [0, 0.1) is 0 Å². The predicted molar refractivity (Wildman–Crippen MR) is 66.9 cm³/mol. The normalized spacial score (nSPS) is 10.4. The van der Waals surface area contributed by atoms with E-state index in [1.165, 1.54) is 12.3 Å². The first-order valence-electron chi connectivity index (χ1n) is 5.91. The molecule has 0 unspecified atom stereocenters. The maximum absolute atomic E-state index is 11.3. The van der Waals surface area contributed by atoms with E-state index >= 15 is 0 Å². The minimum Gasteiger partial charge on any atom is -0.478 e. The molecule has 0 radical (unpaired) electrons. The van der Waals surface area contributed by atoms with Gasteiger partial charge in [-0.25, -0.2) is 4.79 Å². The third kappa shape index (κ3) is 5.54. The Kier molecular flexibility index (Phi) is 6.62. The summed E-state index contributed by atoms with van der Waals surface area (Å²) in [5, 5.41) is 14.5. The number of methoxy groups -OCH3 is 1. The summed E-state index contributed by atoms with van der Waals surface area (Å²) < 4.78 is 9.86. The lowest BCUT2D eigenvalue weighted by atomic mass is 10.2. The summed E-state index contributed by atoms with van der Waals surface area (Å²) in [7, 11) is 1.57. The number of carbonyl (C=O) groups is 2. The summed E-state index contributed by atoms with van der Waals surface area (Å²) in [6.45, 7) is 1.68. The number of rotatable bonds is 9. The number of hydrogen-bond donors (Lipinski definition) is 3. The van der Waals surface area contributed by atoms with Gasteiger partial charge in [-0.2, -0.15) is 0 Å². The fourth-order valence-electron chi connectivity index (χ4n) is 1.45. The molecular formula is C12H18N2O5. The van der Waals surface area contributed by atoms with E-state index in [9.17, 15) is 9.59 Å². The topological polar surface area (TPSA) is 101 Å². The van der Waals surface area contributed by atoms with Gasteiger partial charge in [0.2, 0.25) is 5.91 Å². The molecule has 0 saturated heterocycles. The third-order valence-corrected chi connectivity index (χ3v) is 2.42. The fourth-order valence-corrected chi connectivity index (χ4v) is 1.45. The van der Waals surface area contributed by atoms with E-state index in [1.807, 2.05) is 0 Å². The van der Waals surface area contributed by atoms with Gasteiger partial charge in [-0.1, -0.05) is 0 Å². The minimum absolute atomic E-state index is 0.0811. The highest BCUT2D eigenvalue weighted by Gasteiger charge is 2.12. The van der Waals surface area contributed by atoms with Gasteiger partial charge in [-0.3, -0.25) is 4.79 Å². The third-order valence-electron chi connectivity index (χ3n) is 2.42. The Labute approximate surface area is 110 Å². The first-order chi connectivity index (χ1) is 9.15. The Morgan fingerprint density at radius 1 is 1.42 bits per heavy atom. The van der Waals surface area contributed by atoms with Crippen molar-refractivity contribution >= 4 is 11.9 Å². The molecule has 0 aromatic carbocycles. The zero-order chi connectivity index (χ0) is 14.1. The number of ether oxygens (including phenoxy) is 1. The second-order valence-electron chi connectivity index (χ2n) is 3.83. The highest BCUT2D eigenvalue weighted by Crippen LogP contribution is 2.09. The lowest BCUT2D eigenvalue weighted by Gasteiger charge is -2.05. The van der Waals surface area contributed by atoms with Crippen LogP contribution >= 0.6 is 0 Å². The number of carboxylic acid groups (broad SMARTS) is 1. The molecule has 3 N–H and O–H groups in total. The number of carboxylic acids is 1. The molecule has 7 heteroatoms. The molecule has 0 aliphatic rings. The molecule has 0 atom stereocenters. The summed E-state index contributed by atoms with van der Waals surface area (Å²) in [5.41, 5.74) is 0.136. The molecule has 0 bridgehead atoms. The summed E-state index contributed by atoms with van der Waals surface area (Å²) in [6, 6.07) is 1.40. The maximum atomic E-state index is 11.3. The molecule has 0 saturated carbocycles. The van der Waals surface area contributed by atoms with Crippen LogP contribution in [0.5, 0.6) is 0 Å². The van der Waals surface area contributed by atoms with E-state index < -0.39 is 5.97 Å². The van der Waals surface area contributed by atoms with E-state index in [2.05, 4.69) is 10.6 Å². The van der Waals surface area contributed by atoms with Crippen molar-refractivity contribution in [1.82, 2.24) is 10.6 Å². The quantitative estimate of drug-likeness (QED) is 0.555. The van der Waals surface area contributed by atoms with Crippen molar-refractivity contribution in [3.8, 4) is 0 Å². The number of amides is 1. The largest absolute Gasteiger partial charge is 0.478 e. The molecule has 106 valence electrons. The van der Waals surface area contributed by atoms with E-state index in [0.29, 0.717) is 31.9 Å². The monoisotopic (exact) mass is 270 g/mol. The van der Waals surface area contributed by atoms with Crippen molar-refractivity contribution in [1.29, 1.82) is 0 Å². The van der Waals surface area contributed by atoms with Gasteiger partial charge in [0, 0.05) is 26.6 Å². The molecule has 1 rings (SSSR count). The van der Waals surface area contributed by atoms with Crippen LogP contribution in [0.3, 0.4) is 0 Å². The van der Waals surface area contributed by atoms with Gasteiger partial charge < -0.3 is 24.9 Å². The van der Waals surface area contributed by atoms with Crippen molar-refractivity contribution in [2.45, 2.75) is 13.0 Å². The minimum atomic E-state index is -1.03. The lowest BCUT2D eigenvalue weighted by molar-refractivity contribution is -0.121. The smallest absolute Gasteiger partial charge is 0.339 e. The molecule has 7 nitrogen and oxygen atoms in total. The summed E-state index contributed by atoms with van der Waals surface area (Å²) in [5.74, 6) is -0.752. The molecule has 1 amide bonds. The first kappa shape index (κ1) is 15.2. The van der Waals surface area contributed by atoms with Crippen molar-refractivity contribution < 1.29 is 23.8 Å². The highest BCUT2D eigenvalue weighted by atomic mass is 16.5. The van der Waals surface area contributed by atoms with Gasteiger partial charge in [0.05, 0.1) is 19.4 Å². The highest BCUT2D eigenvalue weighted by molar-refractivity contribution is 5.88. The summed E-state index contributed by atoms with van der Waals surface area (Å²) in [6.07, 6.45) is 1.64. The van der Waals surface area contributed by atoms with Crippen molar-refractivity contribution in [3.63, 3.8) is 0 Å². The molecule has 1 aromatic heterocycles. The van der Waals surface area contributed by atoms with Crippen molar-refractivity contribution in [2.75, 3.05) is 26.8 Å². The number of furan rings is 1. The standard InChI is InChI=1S/C12H18N2O5/c1-18-7-5-14-11(15)2-4-13-8-10-9(12(16)17)3-6-19-10/h3,6,13H,2,4-5,7-8H2,1H3,(H,14,15)(H,16,17). The zero-order valence-electron chi connectivity index (χ0n) is 10.8. The predicted octanol–water partition coefficient (Wildman–Crippen LogP) is 0.220. The van der Waals surface area contributed by atoms with Gasteiger partial charge in [0.15, 0.2) is 0 Å². The van der Waals surface area contributed by atoms with Gasteiger partial charge in [0.25, 0.3) is 0 Å². The molecule has 1 heterocycles.